The van der Waals surface area contributed by atoms with Crippen molar-refractivity contribution in [1.82, 2.24) is 0 Å². The van der Waals surface area contributed by atoms with Crippen molar-refractivity contribution in [3.8, 4) is 0 Å². The molecule has 0 radical (unpaired) electrons. The summed E-state index contributed by atoms with van der Waals surface area (Å²) in [6.45, 7) is 0.0784. The quantitative estimate of drug-likeness (QED) is 0.761. The van der Waals surface area contributed by atoms with Gasteiger partial charge in [-0.2, -0.15) is 0 Å². The summed E-state index contributed by atoms with van der Waals surface area (Å²) in [7, 11) is -3.23. The largest absolute Gasteiger partial charge is 0.441 e. The minimum absolute atomic E-state index is 0.0783. The van der Waals surface area contributed by atoms with Crippen LogP contribution in [0.1, 0.15) is 18.1 Å². The van der Waals surface area contributed by atoms with Crippen molar-refractivity contribution in [2.24, 2.45) is 11.5 Å². The highest BCUT2D eigenvalue weighted by atomic mass is 32.2. The summed E-state index contributed by atoms with van der Waals surface area (Å²) in [5.74, 6) is -0.178. The summed E-state index contributed by atoms with van der Waals surface area (Å²) < 4.78 is 28.2. The molecule has 0 saturated carbocycles. The predicted molar refractivity (Wildman–Crippen MR) is 72.2 cm³/mol. The normalized spacial score (nSPS) is 12.9. The Morgan fingerprint density at radius 3 is 2.37 bits per heavy atom. The molecule has 19 heavy (non-hydrogen) atoms. The molecule has 1 rings (SSSR count). The van der Waals surface area contributed by atoms with E-state index in [1.54, 1.807) is 24.3 Å². The number of hydrogen-bond donors (Lipinski definition) is 2. The lowest BCUT2D eigenvalue weighted by Gasteiger charge is -2.16. The van der Waals surface area contributed by atoms with Gasteiger partial charge in [-0.05, 0) is 5.56 Å². The first kappa shape index (κ1) is 15.5. The zero-order valence-corrected chi connectivity index (χ0v) is 11.3. The van der Waals surface area contributed by atoms with Crippen LogP contribution in [0.3, 0.4) is 0 Å². The van der Waals surface area contributed by atoms with Crippen LogP contribution < -0.4 is 11.5 Å². The van der Waals surface area contributed by atoms with Crippen molar-refractivity contribution < 1.29 is 17.9 Å². The van der Waals surface area contributed by atoms with E-state index in [9.17, 15) is 13.2 Å². The van der Waals surface area contributed by atoms with E-state index in [4.69, 9.17) is 16.2 Å². The van der Waals surface area contributed by atoms with Crippen LogP contribution in [0.15, 0.2) is 30.3 Å². The first-order chi connectivity index (χ1) is 8.94. The molecule has 0 aromatic heterocycles. The number of carbonyl (C=O) groups excluding carboxylic acids is 1. The molecule has 7 heteroatoms. The van der Waals surface area contributed by atoms with E-state index < -0.39 is 22.0 Å². The van der Waals surface area contributed by atoms with E-state index in [0.717, 1.165) is 0 Å². The summed E-state index contributed by atoms with van der Waals surface area (Å²) in [5, 5.41) is 0. The van der Waals surface area contributed by atoms with Crippen LogP contribution in [-0.2, 0) is 14.6 Å². The number of carbonyl (C=O) groups is 1. The Morgan fingerprint density at radius 2 is 1.84 bits per heavy atom. The number of benzene rings is 1. The molecule has 0 bridgehead atoms. The molecule has 0 aliphatic heterocycles. The minimum atomic E-state index is -3.23. The molecule has 1 unspecified atom stereocenters. The van der Waals surface area contributed by atoms with Crippen LogP contribution in [-0.4, -0.2) is 32.6 Å². The lowest BCUT2D eigenvalue weighted by Crippen LogP contribution is -2.23. The predicted octanol–water partition coefficient (Wildman–Crippen LogP) is 0.587. The van der Waals surface area contributed by atoms with E-state index in [-0.39, 0.29) is 24.5 Å². The molecule has 0 saturated heterocycles. The van der Waals surface area contributed by atoms with Crippen molar-refractivity contribution in [2.75, 3.05) is 18.1 Å². The maximum absolute atomic E-state index is 11.6. The van der Waals surface area contributed by atoms with Gasteiger partial charge in [0.15, 0.2) is 9.84 Å². The second-order valence-corrected chi connectivity index (χ2v) is 6.37. The molecular formula is C12H18N2O4S. The molecule has 0 heterocycles. The van der Waals surface area contributed by atoms with Gasteiger partial charge < -0.3 is 16.2 Å². The maximum Gasteiger partial charge on any atom is 0.405 e. The Bertz CT molecular complexity index is 502. The topological polar surface area (TPSA) is 112 Å². The smallest absolute Gasteiger partial charge is 0.405 e. The third kappa shape index (κ3) is 5.71. The number of rotatable bonds is 7. The van der Waals surface area contributed by atoms with Gasteiger partial charge >= 0.3 is 6.09 Å². The number of sulfone groups is 1. The SMILES string of the molecule is NCCS(=O)(=O)CCC(OC(N)=O)c1ccccc1. The van der Waals surface area contributed by atoms with Gasteiger partial charge in [0.1, 0.15) is 6.10 Å². The van der Waals surface area contributed by atoms with Crippen LogP contribution in [0, 0.1) is 0 Å². The Kier molecular flexibility index (Phi) is 5.78. The summed E-state index contributed by atoms with van der Waals surface area (Å²) in [4.78, 5) is 10.9. The number of ether oxygens (including phenoxy) is 1. The van der Waals surface area contributed by atoms with Crippen LogP contribution in [0.2, 0.25) is 0 Å². The standard InChI is InChI=1S/C12H18N2O4S/c13-7-9-19(16,17)8-6-11(18-12(14)15)10-4-2-1-3-5-10/h1-5,11H,6-9,13H2,(H2,14,15). The van der Waals surface area contributed by atoms with Gasteiger partial charge in [-0.1, -0.05) is 30.3 Å². The second-order valence-electron chi connectivity index (χ2n) is 4.07. The monoisotopic (exact) mass is 286 g/mol. The van der Waals surface area contributed by atoms with Gasteiger partial charge in [0.05, 0.1) is 11.5 Å². The fourth-order valence-electron chi connectivity index (χ4n) is 1.67. The van der Waals surface area contributed by atoms with Gasteiger partial charge in [0.2, 0.25) is 0 Å². The lowest BCUT2D eigenvalue weighted by molar-refractivity contribution is 0.104. The van der Waals surface area contributed by atoms with Gasteiger partial charge in [0, 0.05) is 13.0 Å². The van der Waals surface area contributed by atoms with Crippen LogP contribution in [0.5, 0.6) is 0 Å². The van der Waals surface area contributed by atoms with E-state index in [1.807, 2.05) is 6.07 Å². The average Bonchev–Trinajstić information content (AvgIpc) is 2.35. The van der Waals surface area contributed by atoms with Crippen molar-refractivity contribution in [1.29, 1.82) is 0 Å². The zero-order valence-electron chi connectivity index (χ0n) is 10.5. The maximum atomic E-state index is 11.6. The first-order valence-electron chi connectivity index (χ1n) is 5.86. The highest BCUT2D eigenvalue weighted by Crippen LogP contribution is 2.21. The average molecular weight is 286 g/mol. The van der Waals surface area contributed by atoms with Crippen LogP contribution in [0.4, 0.5) is 4.79 Å². The highest BCUT2D eigenvalue weighted by Gasteiger charge is 2.19. The third-order valence-electron chi connectivity index (χ3n) is 2.55. The van der Waals surface area contributed by atoms with E-state index >= 15 is 0 Å². The molecule has 1 amide bonds. The van der Waals surface area contributed by atoms with E-state index in [1.165, 1.54) is 0 Å². The lowest BCUT2D eigenvalue weighted by atomic mass is 10.1. The van der Waals surface area contributed by atoms with Crippen LogP contribution in [0.25, 0.3) is 0 Å². The Hall–Kier alpha value is -1.60. The number of hydrogen-bond acceptors (Lipinski definition) is 5. The molecule has 106 valence electrons. The molecule has 0 aliphatic rings. The van der Waals surface area contributed by atoms with E-state index in [0.29, 0.717) is 5.56 Å². The molecular weight excluding hydrogens is 268 g/mol. The van der Waals surface area contributed by atoms with Crippen LogP contribution >= 0.6 is 0 Å². The molecule has 1 aromatic rings. The molecule has 0 spiro atoms. The summed E-state index contributed by atoms with van der Waals surface area (Å²) in [5.41, 5.74) is 10.9. The second kappa shape index (κ2) is 7.10. The fourth-order valence-corrected chi connectivity index (χ4v) is 2.81. The van der Waals surface area contributed by atoms with Crippen molar-refractivity contribution in [2.45, 2.75) is 12.5 Å². The summed E-state index contributed by atoms with van der Waals surface area (Å²) in [6.07, 6.45) is -1.42. The van der Waals surface area contributed by atoms with Crippen molar-refractivity contribution in [3.05, 3.63) is 35.9 Å². The number of primary amides is 1. The van der Waals surface area contributed by atoms with E-state index in [2.05, 4.69) is 0 Å². The Balaban J connectivity index is 2.74. The van der Waals surface area contributed by atoms with Crippen molar-refractivity contribution >= 4 is 15.9 Å². The molecule has 0 fully saturated rings. The van der Waals surface area contributed by atoms with Gasteiger partial charge in [0.25, 0.3) is 0 Å². The third-order valence-corrected chi connectivity index (χ3v) is 4.27. The molecule has 1 atom stereocenters. The minimum Gasteiger partial charge on any atom is -0.441 e. The highest BCUT2D eigenvalue weighted by molar-refractivity contribution is 7.91. The molecule has 4 N–H and O–H groups in total. The van der Waals surface area contributed by atoms with Gasteiger partial charge in [-0.15, -0.1) is 0 Å². The van der Waals surface area contributed by atoms with Gasteiger partial charge in [-0.3, -0.25) is 0 Å². The van der Waals surface area contributed by atoms with Gasteiger partial charge in [-0.25, -0.2) is 13.2 Å². The fraction of sp³-hybridized carbons (Fsp3) is 0.417. The molecule has 6 nitrogen and oxygen atoms in total. The first-order valence-corrected chi connectivity index (χ1v) is 7.68. The Morgan fingerprint density at radius 1 is 1.21 bits per heavy atom. The molecule has 1 aromatic carbocycles. The molecule has 0 aliphatic carbocycles. The number of nitrogens with two attached hydrogens (primary N) is 2. The summed E-state index contributed by atoms with van der Waals surface area (Å²) in [6, 6.07) is 8.88. The van der Waals surface area contributed by atoms with Crippen molar-refractivity contribution in [3.63, 3.8) is 0 Å². The summed E-state index contributed by atoms with van der Waals surface area (Å²) >= 11 is 0. The zero-order chi connectivity index (χ0) is 14.3. The Labute approximate surface area is 112 Å². The number of amides is 1.